The summed E-state index contributed by atoms with van der Waals surface area (Å²) in [6.07, 6.45) is 4.40. The van der Waals surface area contributed by atoms with E-state index < -0.39 is 12.5 Å². The second-order valence-corrected chi connectivity index (χ2v) is 6.67. The summed E-state index contributed by atoms with van der Waals surface area (Å²) in [5.74, 6) is -2.73. The van der Waals surface area contributed by atoms with Crippen LogP contribution in [0.2, 0.25) is 0 Å². The lowest BCUT2D eigenvalue weighted by Crippen LogP contribution is -2.21. The monoisotopic (exact) mass is 436 g/mol. The van der Waals surface area contributed by atoms with Crippen LogP contribution >= 0.6 is 0 Å². The predicted octanol–water partition coefficient (Wildman–Crippen LogP) is 7.39. The molecule has 6 heteroatoms. The molecule has 0 saturated carbocycles. The Hall–Kier alpha value is -2.76. The third kappa shape index (κ3) is 14.0. The van der Waals surface area contributed by atoms with Crippen molar-refractivity contribution in [1.82, 2.24) is 10.3 Å². The van der Waals surface area contributed by atoms with Crippen LogP contribution < -0.4 is 10.1 Å². The second kappa shape index (κ2) is 16.0. The lowest BCUT2D eigenvalue weighted by molar-refractivity contribution is -0.0242. The number of benzene rings is 1. The van der Waals surface area contributed by atoms with Gasteiger partial charge in [0.1, 0.15) is 0 Å². The zero-order valence-electron chi connectivity index (χ0n) is 19.0. The summed E-state index contributed by atoms with van der Waals surface area (Å²) < 4.78 is 42.3. The van der Waals surface area contributed by atoms with Gasteiger partial charge in [-0.2, -0.15) is 0 Å². The van der Waals surface area contributed by atoms with Crippen LogP contribution in [0.15, 0.2) is 67.5 Å². The first-order valence-corrected chi connectivity index (χ1v) is 10.4. The van der Waals surface area contributed by atoms with Crippen molar-refractivity contribution >= 4 is 6.08 Å². The Balaban J connectivity index is 0.000000745. The number of rotatable bonds is 10. The number of hydrogen-bond donors (Lipinski definition) is 1. The number of aromatic nitrogens is 1. The molecule has 1 atom stereocenters. The molecule has 172 valence electrons. The number of hydrogen-bond acceptors (Lipinski definition) is 3. The summed E-state index contributed by atoms with van der Waals surface area (Å²) in [6.45, 7) is 13.1. The van der Waals surface area contributed by atoms with E-state index >= 15 is 0 Å². The standard InChI is InChI=1S/C15H21F3N2O.C8H8.C2H6/c1-11(5-4-8-16)20-12(2)13-6-7-14(19-9-13)21-10-15(3,17)18;1-2-8-6-4-3-5-7-8;1-2/h6-7,9,12,20H,1,4-5,8,10H2,2-3H3;2-7H,1H2;1-2H3. The van der Waals surface area contributed by atoms with E-state index in [0.717, 1.165) is 18.2 Å². The molecule has 1 heterocycles. The third-order valence-electron chi connectivity index (χ3n) is 3.80. The lowest BCUT2D eigenvalue weighted by atomic mass is 10.1. The zero-order valence-corrected chi connectivity index (χ0v) is 19.0. The number of nitrogens with zero attached hydrogens (tertiary/aromatic N) is 1. The van der Waals surface area contributed by atoms with Crippen LogP contribution in [0, 0.1) is 0 Å². The van der Waals surface area contributed by atoms with E-state index in [0.29, 0.717) is 12.8 Å². The number of nitrogens with one attached hydrogen (secondary N) is 1. The maximum absolute atomic E-state index is 12.7. The Kier molecular flexibility index (Phi) is 14.6. The van der Waals surface area contributed by atoms with Crippen molar-refractivity contribution in [2.45, 2.75) is 52.5 Å². The Morgan fingerprint density at radius 1 is 1.19 bits per heavy atom. The van der Waals surface area contributed by atoms with Gasteiger partial charge in [-0.3, -0.25) is 4.39 Å². The van der Waals surface area contributed by atoms with Crippen molar-refractivity contribution in [2.24, 2.45) is 0 Å². The average Bonchev–Trinajstić information content (AvgIpc) is 2.78. The highest BCUT2D eigenvalue weighted by Crippen LogP contribution is 2.18. The molecule has 1 N–H and O–H groups in total. The van der Waals surface area contributed by atoms with Gasteiger partial charge in [-0.1, -0.05) is 69.5 Å². The number of ether oxygens (including phenoxy) is 1. The van der Waals surface area contributed by atoms with Crippen LogP contribution in [0.5, 0.6) is 5.88 Å². The Labute approximate surface area is 185 Å². The van der Waals surface area contributed by atoms with Crippen LogP contribution in [-0.4, -0.2) is 24.2 Å². The molecule has 3 nitrogen and oxygen atoms in total. The van der Waals surface area contributed by atoms with Crippen molar-refractivity contribution in [2.75, 3.05) is 13.3 Å². The fraction of sp³-hybridized carbons (Fsp3) is 0.400. The van der Waals surface area contributed by atoms with Gasteiger partial charge in [0, 0.05) is 30.9 Å². The normalized spacial score (nSPS) is 11.1. The first kappa shape index (κ1) is 28.2. The molecule has 0 aliphatic rings. The summed E-state index contributed by atoms with van der Waals surface area (Å²) in [5, 5.41) is 3.14. The van der Waals surface area contributed by atoms with Crippen molar-refractivity contribution in [3.8, 4) is 5.88 Å². The molecule has 0 spiro atoms. The predicted molar refractivity (Wildman–Crippen MR) is 124 cm³/mol. The highest BCUT2D eigenvalue weighted by molar-refractivity contribution is 5.45. The van der Waals surface area contributed by atoms with Crippen LogP contribution in [0.3, 0.4) is 0 Å². The van der Waals surface area contributed by atoms with E-state index in [1.807, 2.05) is 57.2 Å². The summed E-state index contributed by atoms with van der Waals surface area (Å²) in [6, 6.07) is 13.3. The second-order valence-electron chi connectivity index (χ2n) is 6.67. The van der Waals surface area contributed by atoms with Gasteiger partial charge in [0.2, 0.25) is 5.88 Å². The van der Waals surface area contributed by atoms with Gasteiger partial charge in [0.15, 0.2) is 6.61 Å². The van der Waals surface area contributed by atoms with Crippen molar-refractivity contribution in [3.63, 3.8) is 0 Å². The number of allylic oxidation sites excluding steroid dienone is 1. The van der Waals surface area contributed by atoms with E-state index in [9.17, 15) is 13.2 Å². The van der Waals surface area contributed by atoms with Crippen LogP contribution in [0.1, 0.15) is 57.7 Å². The molecule has 1 unspecified atom stereocenters. The summed E-state index contributed by atoms with van der Waals surface area (Å²) >= 11 is 0. The highest BCUT2D eigenvalue weighted by atomic mass is 19.3. The van der Waals surface area contributed by atoms with Gasteiger partial charge in [-0.05, 0) is 30.9 Å². The maximum Gasteiger partial charge on any atom is 0.278 e. The number of pyridine rings is 1. The molecule has 0 saturated heterocycles. The zero-order chi connectivity index (χ0) is 23.7. The van der Waals surface area contributed by atoms with Gasteiger partial charge in [-0.25, -0.2) is 13.8 Å². The van der Waals surface area contributed by atoms with E-state index in [1.54, 1.807) is 18.3 Å². The number of alkyl halides is 3. The summed E-state index contributed by atoms with van der Waals surface area (Å²) in [5.41, 5.74) is 2.80. The molecule has 1 aromatic carbocycles. The fourth-order valence-electron chi connectivity index (χ4n) is 2.26. The van der Waals surface area contributed by atoms with Crippen molar-refractivity contribution < 1.29 is 17.9 Å². The van der Waals surface area contributed by atoms with Crippen molar-refractivity contribution in [1.29, 1.82) is 0 Å². The lowest BCUT2D eigenvalue weighted by Gasteiger charge is -2.17. The summed E-state index contributed by atoms with van der Waals surface area (Å²) in [4.78, 5) is 3.99. The average molecular weight is 437 g/mol. The van der Waals surface area contributed by atoms with E-state index in [1.165, 1.54) is 5.56 Å². The van der Waals surface area contributed by atoms with E-state index in [4.69, 9.17) is 4.74 Å². The topological polar surface area (TPSA) is 34.1 Å². The molecule has 0 bridgehead atoms. The maximum atomic E-state index is 12.7. The molecule has 0 aliphatic carbocycles. The molecule has 0 aliphatic heterocycles. The van der Waals surface area contributed by atoms with Crippen LogP contribution in [0.4, 0.5) is 13.2 Å². The summed E-state index contributed by atoms with van der Waals surface area (Å²) in [7, 11) is 0. The molecule has 2 aromatic rings. The molecule has 0 fully saturated rings. The number of halogens is 3. The van der Waals surface area contributed by atoms with E-state index in [2.05, 4.69) is 23.5 Å². The molecule has 0 radical (unpaired) electrons. The van der Waals surface area contributed by atoms with Gasteiger partial charge < -0.3 is 10.1 Å². The minimum absolute atomic E-state index is 0.0497. The molecule has 1 aromatic heterocycles. The smallest absolute Gasteiger partial charge is 0.278 e. The molecule has 31 heavy (non-hydrogen) atoms. The molecule has 2 rings (SSSR count). The van der Waals surface area contributed by atoms with Crippen LogP contribution in [-0.2, 0) is 0 Å². The molecular weight excluding hydrogens is 401 g/mol. The minimum atomic E-state index is -2.89. The molecule has 0 amide bonds. The van der Waals surface area contributed by atoms with Crippen LogP contribution in [0.25, 0.3) is 6.08 Å². The van der Waals surface area contributed by atoms with Gasteiger partial charge in [0.05, 0.1) is 6.67 Å². The quantitative estimate of drug-likeness (QED) is 0.422. The molecular formula is C25H35F3N2O. The Bertz CT molecular complexity index is 729. The Morgan fingerprint density at radius 2 is 1.84 bits per heavy atom. The third-order valence-corrected chi connectivity index (χ3v) is 3.80. The van der Waals surface area contributed by atoms with Gasteiger partial charge in [-0.15, -0.1) is 0 Å². The largest absolute Gasteiger partial charge is 0.471 e. The fourth-order valence-corrected chi connectivity index (χ4v) is 2.26. The Morgan fingerprint density at radius 3 is 2.29 bits per heavy atom. The SMILES string of the molecule is C=C(CCCF)NC(C)c1ccc(OCC(C)(F)F)nc1.C=Cc1ccccc1.CC. The van der Waals surface area contributed by atoms with Gasteiger partial charge >= 0.3 is 0 Å². The van der Waals surface area contributed by atoms with E-state index in [-0.39, 0.29) is 18.6 Å². The first-order valence-electron chi connectivity index (χ1n) is 10.4. The highest BCUT2D eigenvalue weighted by Gasteiger charge is 2.22. The van der Waals surface area contributed by atoms with Gasteiger partial charge in [0.25, 0.3) is 5.92 Å². The van der Waals surface area contributed by atoms with Crippen molar-refractivity contribution in [3.05, 3.63) is 78.6 Å². The first-order chi connectivity index (χ1) is 14.7. The minimum Gasteiger partial charge on any atom is -0.471 e.